The van der Waals surface area contributed by atoms with Gasteiger partial charge in [0, 0.05) is 43.4 Å². The van der Waals surface area contributed by atoms with Gasteiger partial charge in [0.2, 0.25) is 0 Å². The number of nitrogens with one attached hydrogen (secondary N) is 1. The number of benzene rings is 1. The fraction of sp³-hybridized carbons (Fsp3) is 0.476. The Morgan fingerprint density at radius 1 is 1.14 bits per heavy atom. The summed E-state index contributed by atoms with van der Waals surface area (Å²) in [6, 6.07) is 7.30. The van der Waals surface area contributed by atoms with E-state index in [9.17, 15) is 4.79 Å². The highest BCUT2D eigenvalue weighted by molar-refractivity contribution is 5.89. The van der Waals surface area contributed by atoms with Crippen LogP contribution in [0.2, 0.25) is 0 Å². The van der Waals surface area contributed by atoms with Crippen LogP contribution in [0.15, 0.2) is 24.3 Å². The number of carbonyl (C=O) groups excluding carboxylic acids is 1. The van der Waals surface area contributed by atoms with E-state index in [0.717, 1.165) is 53.8 Å². The van der Waals surface area contributed by atoms with E-state index >= 15 is 0 Å². The molecule has 0 unspecified atom stereocenters. The molecule has 1 aromatic heterocycles. The second-order valence-corrected chi connectivity index (χ2v) is 7.40. The Bertz CT molecular complexity index is 864. The van der Waals surface area contributed by atoms with Gasteiger partial charge in [-0.1, -0.05) is 6.07 Å². The summed E-state index contributed by atoms with van der Waals surface area (Å²) in [7, 11) is 1.62. The number of aromatic nitrogens is 2. The van der Waals surface area contributed by atoms with Crippen molar-refractivity contribution < 1.29 is 9.53 Å². The Balaban J connectivity index is 1.54. The van der Waals surface area contributed by atoms with Crippen molar-refractivity contribution in [2.45, 2.75) is 39.2 Å². The third-order valence-electron chi connectivity index (χ3n) is 5.41. The standard InChI is InChI=1S/C21H27N5O2/c1-15-22-19-9-12-26(21(27)24-16-7-6-8-17(13-16)28-2)14-18(19)20(23-15)25-10-4-3-5-11-25/h6-8,13H,3-5,9-12,14H2,1-2H3,(H,24,27). The molecule has 0 aliphatic carbocycles. The van der Waals surface area contributed by atoms with Crippen LogP contribution in [-0.2, 0) is 13.0 Å². The number of ether oxygens (including phenoxy) is 1. The summed E-state index contributed by atoms with van der Waals surface area (Å²) in [4.78, 5) is 26.5. The number of aryl methyl sites for hydroxylation is 1. The molecule has 7 heteroatoms. The molecular weight excluding hydrogens is 354 g/mol. The van der Waals surface area contributed by atoms with Crippen LogP contribution in [0.1, 0.15) is 36.3 Å². The molecule has 0 radical (unpaired) electrons. The van der Waals surface area contributed by atoms with E-state index in [1.54, 1.807) is 7.11 Å². The first-order valence-electron chi connectivity index (χ1n) is 9.95. The lowest BCUT2D eigenvalue weighted by atomic mass is 10.0. The maximum Gasteiger partial charge on any atom is 0.322 e. The van der Waals surface area contributed by atoms with Crippen molar-refractivity contribution in [3.8, 4) is 5.75 Å². The third kappa shape index (κ3) is 3.88. The first-order valence-corrected chi connectivity index (χ1v) is 9.95. The van der Waals surface area contributed by atoms with Crippen LogP contribution >= 0.6 is 0 Å². The Labute approximate surface area is 165 Å². The molecule has 2 amide bonds. The summed E-state index contributed by atoms with van der Waals surface area (Å²) in [5.41, 5.74) is 2.91. The molecule has 0 saturated carbocycles. The number of rotatable bonds is 3. The Kier molecular flexibility index (Phi) is 5.32. The Morgan fingerprint density at radius 2 is 1.96 bits per heavy atom. The van der Waals surface area contributed by atoms with Crippen molar-refractivity contribution in [2.24, 2.45) is 0 Å². The summed E-state index contributed by atoms with van der Waals surface area (Å²) >= 11 is 0. The average Bonchev–Trinajstić information content (AvgIpc) is 2.73. The van der Waals surface area contributed by atoms with E-state index < -0.39 is 0 Å². The van der Waals surface area contributed by atoms with Crippen molar-refractivity contribution in [2.75, 3.05) is 37.0 Å². The normalized spacial score (nSPS) is 16.5. The van der Waals surface area contributed by atoms with Gasteiger partial charge >= 0.3 is 6.03 Å². The van der Waals surface area contributed by atoms with Crippen LogP contribution in [-0.4, -0.2) is 47.6 Å². The largest absolute Gasteiger partial charge is 0.497 e. The summed E-state index contributed by atoms with van der Waals surface area (Å²) in [6.45, 7) is 5.20. The summed E-state index contributed by atoms with van der Waals surface area (Å²) in [5, 5.41) is 2.98. The third-order valence-corrected chi connectivity index (χ3v) is 5.41. The smallest absolute Gasteiger partial charge is 0.322 e. The van der Waals surface area contributed by atoms with Crippen molar-refractivity contribution in [3.63, 3.8) is 0 Å². The van der Waals surface area contributed by atoms with Gasteiger partial charge in [0.25, 0.3) is 0 Å². The van der Waals surface area contributed by atoms with E-state index in [1.165, 1.54) is 19.3 Å². The number of hydrogen-bond acceptors (Lipinski definition) is 5. The average molecular weight is 381 g/mol. The predicted octanol–water partition coefficient (Wildman–Crippen LogP) is 3.37. The maximum absolute atomic E-state index is 12.9. The lowest BCUT2D eigenvalue weighted by Gasteiger charge is -2.34. The molecule has 28 heavy (non-hydrogen) atoms. The highest BCUT2D eigenvalue weighted by atomic mass is 16.5. The minimum absolute atomic E-state index is 0.107. The van der Waals surface area contributed by atoms with Crippen molar-refractivity contribution in [1.82, 2.24) is 14.9 Å². The molecule has 4 rings (SSSR count). The number of anilines is 2. The predicted molar refractivity (Wildman–Crippen MR) is 109 cm³/mol. The number of nitrogens with zero attached hydrogens (tertiary/aromatic N) is 4. The van der Waals surface area contributed by atoms with Crippen molar-refractivity contribution in [3.05, 3.63) is 41.3 Å². The van der Waals surface area contributed by atoms with Gasteiger partial charge in [0.05, 0.1) is 19.3 Å². The van der Waals surface area contributed by atoms with E-state index in [1.807, 2.05) is 36.1 Å². The monoisotopic (exact) mass is 381 g/mol. The molecule has 1 fully saturated rings. The molecule has 0 bridgehead atoms. The van der Waals surface area contributed by atoms with Crippen LogP contribution in [0.4, 0.5) is 16.3 Å². The van der Waals surface area contributed by atoms with E-state index in [-0.39, 0.29) is 6.03 Å². The lowest BCUT2D eigenvalue weighted by Crippen LogP contribution is -2.41. The summed E-state index contributed by atoms with van der Waals surface area (Å²) in [6.07, 6.45) is 4.42. The molecule has 7 nitrogen and oxygen atoms in total. The van der Waals surface area contributed by atoms with Crippen LogP contribution in [0, 0.1) is 6.92 Å². The zero-order chi connectivity index (χ0) is 19.5. The molecule has 1 saturated heterocycles. The van der Waals surface area contributed by atoms with Crippen LogP contribution in [0.25, 0.3) is 0 Å². The second-order valence-electron chi connectivity index (χ2n) is 7.40. The summed E-state index contributed by atoms with van der Waals surface area (Å²) in [5.74, 6) is 2.55. The molecule has 148 valence electrons. The van der Waals surface area contributed by atoms with Gasteiger partial charge in [-0.25, -0.2) is 14.8 Å². The number of urea groups is 1. The number of amides is 2. The van der Waals surface area contributed by atoms with Crippen LogP contribution in [0.5, 0.6) is 5.75 Å². The molecule has 2 aromatic rings. The number of hydrogen-bond donors (Lipinski definition) is 1. The quantitative estimate of drug-likeness (QED) is 0.883. The number of carbonyl (C=O) groups is 1. The van der Waals surface area contributed by atoms with Gasteiger partial charge in [-0.3, -0.25) is 0 Å². The minimum atomic E-state index is -0.107. The second kappa shape index (κ2) is 8.04. The molecule has 2 aliphatic heterocycles. The first kappa shape index (κ1) is 18.5. The molecule has 3 heterocycles. The summed E-state index contributed by atoms with van der Waals surface area (Å²) < 4.78 is 5.24. The van der Waals surface area contributed by atoms with Gasteiger partial charge in [-0.2, -0.15) is 0 Å². The van der Waals surface area contributed by atoms with Crippen molar-refractivity contribution in [1.29, 1.82) is 0 Å². The van der Waals surface area contributed by atoms with Gasteiger partial charge in [-0.15, -0.1) is 0 Å². The van der Waals surface area contributed by atoms with Crippen molar-refractivity contribution >= 4 is 17.5 Å². The minimum Gasteiger partial charge on any atom is -0.497 e. The molecule has 2 aliphatic rings. The Hall–Kier alpha value is -2.83. The van der Waals surface area contributed by atoms with Gasteiger partial charge < -0.3 is 19.9 Å². The lowest BCUT2D eigenvalue weighted by molar-refractivity contribution is 0.206. The van der Waals surface area contributed by atoms with E-state index in [0.29, 0.717) is 13.1 Å². The zero-order valence-corrected chi connectivity index (χ0v) is 16.6. The Morgan fingerprint density at radius 3 is 2.75 bits per heavy atom. The van der Waals surface area contributed by atoms with Gasteiger partial charge in [0.15, 0.2) is 0 Å². The van der Waals surface area contributed by atoms with Gasteiger partial charge in [-0.05, 0) is 38.3 Å². The highest BCUT2D eigenvalue weighted by Gasteiger charge is 2.27. The van der Waals surface area contributed by atoms with Crippen LogP contribution in [0.3, 0.4) is 0 Å². The fourth-order valence-electron chi connectivity index (χ4n) is 3.96. The highest BCUT2D eigenvalue weighted by Crippen LogP contribution is 2.29. The zero-order valence-electron chi connectivity index (χ0n) is 16.6. The fourth-order valence-corrected chi connectivity index (χ4v) is 3.96. The van der Waals surface area contributed by atoms with E-state index in [4.69, 9.17) is 9.72 Å². The van der Waals surface area contributed by atoms with E-state index in [2.05, 4.69) is 15.2 Å². The molecule has 0 atom stereocenters. The number of methoxy groups -OCH3 is 1. The van der Waals surface area contributed by atoms with Crippen LogP contribution < -0.4 is 15.0 Å². The molecular formula is C21H27N5O2. The van der Waals surface area contributed by atoms with Gasteiger partial charge in [0.1, 0.15) is 17.4 Å². The topological polar surface area (TPSA) is 70.6 Å². The number of piperidine rings is 1. The number of fused-ring (bicyclic) bond motifs is 1. The molecule has 0 spiro atoms. The first-order chi connectivity index (χ1) is 13.6. The SMILES string of the molecule is COc1cccc(NC(=O)N2CCc3nc(C)nc(N4CCCCC4)c3C2)c1. The maximum atomic E-state index is 12.9. The molecule has 1 aromatic carbocycles. The molecule has 1 N–H and O–H groups in total.